The molecule has 0 bridgehead atoms. The lowest BCUT2D eigenvalue weighted by Crippen LogP contribution is -2.55. The van der Waals surface area contributed by atoms with Crippen LogP contribution in [0.15, 0.2) is 72.8 Å². The first-order valence-electron chi connectivity index (χ1n) is 12.5. The van der Waals surface area contributed by atoms with E-state index in [9.17, 15) is 4.79 Å². The maximum absolute atomic E-state index is 13.0. The number of benzene rings is 3. The van der Waals surface area contributed by atoms with Gasteiger partial charge in [-0.2, -0.15) is 0 Å². The number of anilines is 1. The van der Waals surface area contributed by atoms with E-state index >= 15 is 0 Å². The number of urea groups is 1. The van der Waals surface area contributed by atoms with Gasteiger partial charge < -0.3 is 30.0 Å². The maximum atomic E-state index is 13.0. The average molecular weight is 483 g/mol. The van der Waals surface area contributed by atoms with Gasteiger partial charge in [-0.25, -0.2) is 4.79 Å². The Morgan fingerprint density at radius 1 is 0.944 bits per heavy atom. The highest BCUT2D eigenvalue weighted by Gasteiger charge is 2.42. The molecule has 0 atom stereocenters. The SMILES string of the molecule is COc1ccc2[nH]c3c(c2c1)CCNC31CCN(C(=O)Nc2ccc(Oc3ccccc3)cc2)CC1. The van der Waals surface area contributed by atoms with Crippen molar-refractivity contribution in [2.45, 2.75) is 24.8 Å². The van der Waals surface area contributed by atoms with Crippen molar-refractivity contribution in [3.05, 3.63) is 84.1 Å². The molecular weight excluding hydrogens is 452 g/mol. The molecule has 3 N–H and O–H groups in total. The van der Waals surface area contributed by atoms with E-state index in [0.29, 0.717) is 13.1 Å². The Hall–Kier alpha value is -3.97. The summed E-state index contributed by atoms with van der Waals surface area (Å²) in [5.74, 6) is 2.39. The van der Waals surface area contributed by atoms with E-state index in [2.05, 4.69) is 27.8 Å². The fourth-order valence-electron chi connectivity index (χ4n) is 5.49. The van der Waals surface area contributed by atoms with Crippen LogP contribution in [-0.4, -0.2) is 42.7 Å². The van der Waals surface area contributed by atoms with Crippen molar-refractivity contribution in [2.24, 2.45) is 0 Å². The first-order valence-corrected chi connectivity index (χ1v) is 12.5. The zero-order valence-electron chi connectivity index (χ0n) is 20.3. The molecule has 3 aromatic carbocycles. The number of ether oxygens (including phenoxy) is 2. The van der Waals surface area contributed by atoms with Crippen LogP contribution in [0.25, 0.3) is 10.9 Å². The Balaban J connectivity index is 1.11. The number of hydrogen-bond acceptors (Lipinski definition) is 4. The summed E-state index contributed by atoms with van der Waals surface area (Å²) in [6.07, 6.45) is 2.71. The van der Waals surface area contributed by atoms with Crippen LogP contribution < -0.4 is 20.1 Å². The van der Waals surface area contributed by atoms with Crippen LogP contribution in [0.3, 0.4) is 0 Å². The number of likely N-dealkylation sites (tertiary alicyclic amines) is 1. The maximum Gasteiger partial charge on any atom is 0.321 e. The van der Waals surface area contributed by atoms with Crippen molar-refractivity contribution in [3.63, 3.8) is 0 Å². The molecule has 36 heavy (non-hydrogen) atoms. The van der Waals surface area contributed by atoms with E-state index in [1.807, 2.05) is 65.6 Å². The number of methoxy groups -OCH3 is 1. The zero-order valence-corrected chi connectivity index (χ0v) is 20.3. The molecule has 0 unspecified atom stereocenters. The second-order valence-corrected chi connectivity index (χ2v) is 9.51. The number of fused-ring (bicyclic) bond motifs is 4. The quantitative estimate of drug-likeness (QED) is 0.352. The van der Waals surface area contributed by atoms with Crippen LogP contribution >= 0.6 is 0 Å². The third-order valence-corrected chi connectivity index (χ3v) is 7.42. The highest BCUT2D eigenvalue weighted by Crippen LogP contribution is 2.41. The number of aromatic amines is 1. The molecule has 2 aliphatic rings. The molecule has 3 heterocycles. The minimum Gasteiger partial charge on any atom is -0.497 e. The number of aromatic nitrogens is 1. The predicted octanol–water partition coefficient (Wildman–Crippen LogP) is 5.64. The van der Waals surface area contributed by atoms with Crippen molar-refractivity contribution in [2.75, 3.05) is 32.1 Å². The smallest absolute Gasteiger partial charge is 0.321 e. The first-order chi connectivity index (χ1) is 17.6. The van der Waals surface area contributed by atoms with Gasteiger partial charge in [0, 0.05) is 41.9 Å². The number of carbonyl (C=O) groups excluding carboxylic acids is 1. The van der Waals surface area contributed by atoms with Crippen LogP contribution in [0.4, 0.5) is 10.5 Å². The predicted molar refractivity (Wildman–Crippen MR) is 141 cm³/mol. The first kappa shape index (κ1) is 22.5. The Labute approximate surface area is 210 Å². The molecule has 1 aromatic heterocycles. The Kier molecular flexibility index (Phi) is 5.77. The van der Waals surface area contributed by atoms with Gasteiger partial charge in [0.2, 0.25) is 0 Å². The number of rotatable bonds is 4. The second kappa shape index (κ2) is 9.24. The number of para-hydroxylation sites is 1. The average Bonchev–Trinajstić information content (AvgIpc) is 3.30. The molecular formula is C29H30N4O3. The normalized spacial score (nSPS) is 16.5. The summed E-state index contributed by atoms with van der Waals surface area (Å²) < 4.78 is 11.3. The Morgan fingerprint density at radius 2 is 1.67 bits per heavy atom. The number of amides is 2. The van der Waals surface area contributed by atoms with E-state index in [1.165, 1.54) is 16.6 Å². The minimum absolute atomic E-state index is 0.0704. The minimum atomic E-state index is -0.132. The zero-order chi connectivity index (χ0) is 24.5. The summed E-state index contributed by atoms with van der Waals surface area (Å²) in [4.78, 5) is 18.6. The van der Waals surface area contributed by atoms with Crippen LogP contribution in [0.1, 0.15) is 24.1 Å². The molecule has 4 aromatic rings. The molecule has 0 aliphatic carbocycles. The monoisotopic (exact) mass is 482 g/mol. The van der Waals surface area contributed by atoms with Crippen LogP contribution in [0.5, 0.6) is 17.2 Å². The Bertz CT molecular complexity index is 1370. The lowest BCUT2D eigenvalue weighted by Gasteiger charge is -2.44. The van der Waals surface area contributed by atoms with Crippen LogP contribution in [0, 0.1) is 0 Å². The van der Waals surface area contributed by atoms with Crippen molar-refractivity contribution in [1.82, 2.24) is 15.2 Å². The summed E-state index contributed by atoms with van der Waals surface area (Å²) in [6.45, 7) is 2.30. The largest absolute Gasteiger partial charge is 0.497 e. The highest BCUT2D eigenvalue weighted by atomic mass is 16.5. The van der Waals surface area contributed by atoms with Gasteiger partial charge in [-0.15, -0.1) is 0 Å². The molecule has 1 saturated heterocycles. The summed E-state index contributed by atoms with van der Waals surface area (Å²) >= 11 is 0. The summed E-state index contributed by atoms with van der Waals surface area (Å²) in [5.41, 5.74) is 4.41. The molecule has 2 aliphatic heterocycles. The van der Waals surface area contributed by atoms with E-state index in [0.717, 1.165) is 54.3 Å². The van der Waals surface area contributed by atoms with Crippen molar-refractivity contribution in [3.8, 4) is 17.2 Å². The number of nitrogens with one attached hydrogen (secondary N) is 3. The summed E-state index contributed by atoms with van der Waals surface area (Å²) in [6, 6.07) is 23.3. The van der Waals surface area contributed by atoms with Gasteiger partial charge >= 0.3 is 6.03 Å². The van der Waals surface area contributed by atoms with Crippen LogP contribution in [-0.2, 0) is 12.0 Å². The molecule has 184 valence electrons. The molecule has 2 amide bonds. The molecule has 1 spiro atoms. The third kappa shape index (κ3) is 4.16. The molecule has 7 heteroatoms. The van der Waals surface area contributed by atoms with Gasteiger partial charge in [0.1, 0.15) is 17.2 Å². The van der Waals surface area contributed by atoms with Gasteiger partial charge in [-0.3, -0.25) is 0 Å². The fourth-order valence-corrected chi connectivity index (χ4v) is 5.49. The second-order valence-electron chi connectivity index (χ2n) is 9.51. The topological polar surface area (TPSA) is 78.6 Å². The van der Waals surface area contributed by atoms with Gasteiger partial charge in [0.15, 0.2) is 0 Å². The molecule has 0 saturated carbocycles. The lowest BCUT2D eigenvalue weighted by molar-refractivity contribution is 0.142. The number of piperidine rings is 1. The molecule has 7 nitrogen and oxygen atoms in total. The van der Waals surface area contributed by atoms with Gasteiger partial charge in [0.05, 0.1) is 12.6 Å². The van der Waals surface area contributed by atoms with Crippen molar-refractivity contribution < 1.29 is 14.3 Å². The number of nitrogens with zero attached hydrogens (tertiary/aromatic N) is 1. The summed E-state index contributed by atoms with van der Waals surface area (Å²) in [5, 5.41) is 8.06. The standard InChI is InChI=1S/C29H30N4O3/c1-35-23-11-12-26-25(19-23)24-13-16-30-29(27(24)32-26)14-17-33(18-15-29)28(34)31-20-7-9-22(10-8-20)36-21-5-3-2-4-6-21/h2-12,19,30,32H,13-18H2,1H3,(H,31,34). The highest BCUT2D eigenvalue weighted by molar-refractivity contribution is 5.90. The van der Waals surface area contributed by atoms with E-state index in [-0.39, 0.29) is 11.6 Å². The Morgan fingerprint density at radius 3 is 2.42 bits per heavy atom. The third-order valence-electron chi connectivity index (χ3n) is 7.42. The molecule has 1 fully saturated rings. The fraction of sp³-hybridized carbons (Fsp3) is 0.276. The van der Waals surface area contributed by atoms with E-state index < -0.39 is 0 Å². The van der Waals surface area contributed by atoms with E-state index in [1.54, 1.807) is 7.11 Å². The molecule has 6 rings (SSSR count). The van der Waals surface area contributed by atoms with Crippen molar-refractivity contribution in [1.29, 1.82) is 0 Å². The summed E-state index contributed by atoms with van der Waals surface area (Å²) in [7, 11) is 1.71. The van der Waals surface area contributed by atoms with Gasteiger partial charge in [-0.1, -0.05) is 18.2 Å². The lowest BCUT2D eigenvalue weighted by atomic mass is 9.79. The number of carbonyl (C=O) groups is 1. The van der Waals surface area contributed by atoms with Gasteiger partial charge in [0.25, 0.3) is 0 Å². The van der Waals surface area contributed by atoms with Gasteiger partial charge in [-0.05, 0) is 79.4 Å². The van der Waals surface area contributed by atoms with Crippen molar-refractivity contribution >= 4 is 22.6 Å². The number of H-pyrrole nitrogens is 1. The van der Waals surface area contributed by atoms with E-state index in [4.69, 9.17) is 9.47 Å². The number of hydrogen-bond donors (Lipinski definition) is 3. The molecule has 0 radical (unpaired) electrons. The van der Waals surface area contributed by atoms with Crippen LogP contribution in [0.2, 0.25) is 0 Å².